The van der Waals surface area contributed by atoms with Crippen molar-refractivity contribution < 1.29 is 9.47 Å². The lowest BCUT2D eigenvalue weighted by Crippen LogP contribution is -2.40. The zero-order valence-corrected chi connectivity index (χ0v) is 10.4. The van der Waals surface area contributed by atoms with E-state index in [-0.39, 0.29) is 5.56 Å². The first-order valence-electron chi connectivity index (χ1n) is 6.01. The summed E-state index contributed by atoms with van der Waals surface area (Å²) in [5.41, 5.74) is 1.44. The van der Waals surface area contributed by atoms with Crippen LogP contribution in [0.1, 0.15) is 18.9 Å². The van der Waals surface area contributed by atoms with Crippen molar-refractivity contribution in [2.45, 2.75) is 25.6 Å². The topological polar surface area (TPSA) is 51.3 Å². The maximum Gasteiger partial charge on any atom is 0.255 e. The van der Waals surface area contributed by atoms with E-state index < -0.39 is 5.79 Å². The van der Waals surface area contributed by atoms with Crippen LogP contribution >= 0.6 is 0 Å². The number of rotatable bonds is 1. The van der Waals surface area contributed by atoms with Crippen LogP contribution in [0, 0.1) is 0 Å². The highest BCUT2D eigenvalue weighted by molar-refractivity contribution is 5.86. The SMILES string of the molecule is COC1(C)CCc2c(c3ccccc3[nH]c2=O)O1. The predicted octanol–water partition coefficient (Wildman–Crippen LogP) is 2.22. The summed E-state index contributed by atoms with van der Waals surface area (Å²) in [6, 6.07) is 7.65. The van der Waals surface area contributed by atoms with Gasteiger partial charge in [0, 0.05) is 25.8 Å². The average molecular weight is 245 g/mol. The Labute approximate surface area is 105 Å². The largest absolute Gasteiger partial charge is 0.461 e. The number of H-pyrrole nitrogens is 1. The van der Waals surface area contributed by atoms with Gasteiger partial charge in [-0.2, -0.15) is 0 Å². The third-order valence-electron chi connectivity index (χ3n) is 3.55. The molecule has 1 aliphatic heterocycles. The minimum Gasteiger partial charge on any atom is -0.461 e. The van der Waals surface area contributed by atoms with Gasteiger partial charge in [0.15, 0.2) is 0 Å². The van der Waals surface area contributed by atoms with Crippen molar-refractivity contribution in [1.29, 1.82) is 0 Å². The third kappa shape index (κ3) is 1.61. The molecule has 2 aromatic rings. The molecule has 0 fully saturated rings. The molecule has 18 heavy (non-hydrogen) atoms. The number of methoxy groups -OCH3 is 1. The molecule has 0 spiro atoms. The predicted molar refractivity (Wildman–Crippen MR) is 68.9 cm³/mol. The minimum atomic E-state index is -0.649. The molecule has 94 valence electrons. The van der Waals surface area contributed by atoms with E-state index in [4.69, 9.17) is 9.47 Å². The average Bonchev–Trinajstić information content (AvgIpc) is 2.39. The zero-order valence-electron chi connectivity index (χ0n) is 10.4. The number of ether oxygens (including phenoxy) is 2. The van der Waals surface area contributed by atoms with Gasteiger partial charge in [-0.25, -0.2) is 0 Å². The molecule has 1 unspecified atom stereocenters. The first-order chi connectivity index (χ1) is 8.63. The summed E-state index contributed by atoms with van der Waals surface area (Å²) in [5, 5.41) is 0.926. The van der Waals surface area contributed by atoms with E-state index in [2.05, 4.69) is 4.98 Å². The lowest BCUT2D eigenvalue weighted by atomic mass is 9.99. The molecule has 1 aromatic heterocycles. The quantitative estimate of drug-likeness (QED) is 0.838. The van der Waals surface area contributed by atoms with E-state index in [0.29, 0.717) is 24.2 Å². The molecule has 4 nitrogen and oxygen atoms in total. The Morgan fingerprint density at radius 1 is 1.39 bits per heavy atom. The van der Waals surface area contributed by atoms with Crippen molar-refractivity contribution in [3.05, 3.63) is 40.2 Å². The highest BCUT2D eigenvalue weighted by atomic mass is 16.7. The summed E-state index contributed by atoms with van der Waals surface area (Å²) < 4.78 is 11.3. The highest BCUT2D eigenvalue weighted by Crippen LogP contribution is 2.36. The van der Waals surface area contributed by atoms with E-state index in [1.54, 1.807) is 7.11 Å². The highest BCUT2D eigenvalue weighted by Gasteiger charge is 2.33. The number of aromatic nitrogens is 1. The van der Waals surface area contributed by atoms with Crippen LogP contribution in [0.15, 0.2) is 29.1 Å². The van der Waals surface area contributed by atoms with Crippen molar-refractivity contribution in [1.82, 2.24) is 4.98 Å². The fraction of sp³-hybridized carbons (Fsp3) is 0.357. The Hall–Kier alpha value is -1.81. The van der Waals surface area contributed by atoms with Crippen LogP contribution in [0.2, 0.25) is 0 Å². The van der Waals surface area contributed by atoms with Crippen molar-refractivity contribution in [2.75, 3.05) is 7.11 Å². The minimum absolute atomic E-state index is 0.0677. The molecule has 0 amide bonds. The Morgan fingerprint density at radius 3 is 2.94 bits per heavy atom. The van der Waals surface area contributed by atoms with Crippen molar-refractivity contribution in [3.8, 4) is 5.75 Å². The molecular formula is C14H15NO3. The molecular weight excluding hydrogens is 230 g/mol. The molecule has 1 N–H and O–H groups in total. The van der Waals surface area contributed by atoms with Crippen LogP contribution in [-0.4, -0.2) is 17.9 Å². The van der Waals surface area contributed by atoms with Gasteiger partial charge in [0.05, 0.1) is 11.1 Å². The van der Waals surface area contributed by atoms with Crippen LogP contribution in [-0.2, 0) is 11.2 Å². The number of benzene rings is 1. The first kappa shape index (κ1) is 11.3. The zero-order chi connectivity index (χ0) is 12.8. The number of nitrogens with one attached hydrogen (secondary N) is 1. The molecule has 1 atom stereocenters. The van der Waals surface area contributed by atoms with Gasteiger partial charge in [0.25, 0.3) is 5.56 Å². The molecule has 0 bridgehead atoms. The summed E-state index contributed by atoms with van der Waals surface area (Å²) in [5.74, 6) is 0.00812. The van der Waals surface area contributed by atoms with Gasteiger partial charge in [-0.3, -0.25) is 4.79 Å². The van der Waals surface area contributed by atoms with E-state index in [0.717, 1.165) is 10.9 Å². The number of hydrogen-bond donors (Lipinski definition) is 1. The Kier molecular flexibility index (Phi) is 2.41. The Bertz CT molecular complexity index is 662. The summed E-state index contributed by atoms with van der Waals surface area (Å²) >= 11 is 0. The fourth-order valence-corrected chi connectivity index (χ4v) is 2.36. The van der Waals surface area contributed by atoms with Gasteiger partial charge in [-0.05, 0) is 18.6 Å². The molecule has 1 aromatic carbocycles. The second kappa shape index (κ2) is 3.85. The van der Waals surface area contributed by atoms with Crippen molar-refractivity contribution >= 4 is 10.9 Å². The fourth-order valence-electron chi connectivity index (χ4n) is 2.36. The van der Waals surface area contributed by atoms with Gasteiger partial charge in [0.2, 0.25) is 5.79 Å². The summed E-state index contributed by atoms with van der Waals surface area (Å²) in [4.78, 5) is 14.9. The lowest BCUT2D eigenvalue weighted by molar-refractivity contribution is -0.159. The standard InChI is InChI=1S/C14H15NO3/c1-14(17-2)8-7-10-12(18-14)9-5-3-4-6-11(9)15-13(10)16/h3-6H,7-8H2,1-2H3,(H,15,16). The van der Waals surface area contributed by atoms with Gasteiger partial charge in [-0.1, -0.05) is 12.1 Å². The van der Waals surface area contributed by atoms with E-state index >= 15 is 0 Å². The maximum atomic E-state index is 12.0. The van der Waals surface area contributed by atoms with E-state index in [1.165, 1.54) is 0 Å². The number of fused-ring (bicyclic) bond motifs is 3. The summed E-state index contributed by atoms with van der Waals surface area (Å²) in [7, 11) is 1.63. The molecule has 0 saturated heterocycles. The number of hydrogen-bond acceptors (Lipinski definition) is 3. The summed E-state index contributed by atoms with van der Waals surface area (Å²) in [6.45, 7) is 1.89. The molecule has 1 aliphatic rings. The van der Waals surface area contributed by atoms with Crippen molar-refractivity contribution in [3.63, 3.8) is 0 Å². The van der Waals surface area contributed by atoms with Gasteiger partial charge in [-0.15, -0.1) is 0 Å². The van der Waals surface area contributed by atoms with Crippen LogP contribution in [0.4, 0.5) is 0 Å². The van der Waals surface area contributed by atoms with Gasteiger partial charge in [0.1, 0.15) is 5.75 Å². The second-order valence-corrected chi connectivity index (χ2v) is 4.75. The van der Waals surface area contributed by atoms with Gasteiger partial charge >= 0.3 is 0 Å². The molecule has 2 heterocycles. The smallest absolute Gasteiger partial charge is 0.255 e. The maximum absolute atomic E-state index is 12.0. The van der Waals surface area contributed by atoms with Crippen molar-refractivity contribution in [2.24, 2.45) is 0 Å². The van der Waals surface area contributed by atoms with Crippen LogP contribution in [0.25, 0.3) is 10.9 Å². The lowest BCUT2D eigenvalue weighted by Gasteiger charge is -2.34. The van der Waals surface area contributed by atoms with E-state index in [9.17, 15) is 4.79 Å². The Balaban J connectivity index is 2.28. The second-order valence-electron chi connectivity index (χ2n) is 4.75. The van der Waals surface area contributed by atoms with E-state index in [1.807, 2.05) is 31.2 Å². The molecule has 3 rings (SSSR count). The molecule has 0 saturated carbocycles. The van der Waals surface area contributed by atoms with Crippen LogP contribution in [0.5, 0.6) is 5.75 Å². The molecule has 0 radical (unpaired) electrons. The van der Waals surface area contributed by atoms with Gasteiger partial charge < -0.3 is 14.5 Å². The summed E-state index contributed by atoms with van der Waals surface area (Å²) in [6.07, 6.45) is 1.35. The third-order valence-corrected chi connectivity index (χ3v) is 3.55. The first-order valence-corrected chi connectivity index (χ1v) is 6.01. The number of para-hydroxylation sites is 1. The molecule has 4 heteroatoms. The normalized spacial score (nSPS) is 22.6. The van der Waals surface area contributed by atoms with Crippen LogP contribution in [0.3, 0.4) is 0 Å². The molecule has 0 aliphatic carbocycles. The van der Waals surface area contributed by atoms with Crippen LogP contribution < -0.4 is 10.3 Å². The number of aromatic amines is 1. The Morgan fingerprint density at radius 2 is 2.17 bits per heavy atom. The number of pyridine rings is 1. The monoisotopic (exact) mass is 245 g/mol.